The molecule has 0 aliphatic heterocycles. The summed E-state index contributed by atoms with van der Waals surface area (Å²) < 4.78 is 23.6. The Morgan fingerprint density at radius 3 is 2.27 bits per heavy atom. The van der Waals surface area contributed by atoms with Crippen LogP contribution in [0.4, 0.5) is 0 Å². The summed E-state index contributed by atoms with van der Waals surface area (Å²) in [6.45, 7) is 3.31. The van der Waals surface area contributed by atoms with Gasteiger partial charge in [0.05, 0.1) is 4.90 Å². The van der Waals surface area contributed by atoms with Gasteiger partial charge in [-0.25, -0.2) is 8.42 Å². The number of carbonyl (C=O) groups is 1. The monoisotopic (exact) mass is 227 g/mol. The second-order valence-corrected chi connectivity index (χ2v) is 5.55. The summed E-state index contributed by atoms with van der Waals surface area (Å²) in [7, 11) is -3.46. The number of hydrogen-bond donors (Lipinski definition) is 1. The Labute approximate surface area is 89.2 Å². The fourth-order valence-corrected chi connectivity index (χ4v) is 2.28. The van der Waals surface area contributed by atoms with E-state index in [1.165, 1.54) is 19.1 Å². The van der Waals surface area contributed by atoms with Gasteiger partial charge in [-0.2, -0.15) is 0 Å². The van der Waals surface area contributed by atoms with Crippen molar-refractivity contribution in [2.24, 2.45) is 0 Å². The van der Waals surface area contributed by atoms with Gasteiger partial charge < -0.3 is 5.32 Å². The van der Waals surface area contributed by atoms with Gasteiger partial charge in [0.1, 0.15) is 5.37 Å². The van der Waals surface area contributed by atoms with Gasteiger partial charge in [0.15, 0.2) is 9.84 Å². The number of benzene rings is 1. The molecule has 1 atom stereocenters. The molecule has 1 amide bonds. The smallest absolute Gasteiger partial charge is 0.208 e. The molecule has 0 bridgehead atoms. The van der Waals surface area contributed by atoms with Crippen LogP contribution in [0.15, 0.2) is 29.2 Å². The van der Waals surface area contributed by atoms with Crippen LogP contribution in [-0.4, -0.2) is 20.2 Å². The predicted octanol–water partition coefficient (Wildman–Crippen LogP) is 0.861. The van der Waals surface area contributed by atoms with Crippen LogP contribution in [0.1, 0.15) is 12.5 Å². The first-order valence-electron chi connectivity index (χ1n) is 4.48. The maximum atomic E-state index is 11.8. The topological polar surface area (TPSA) is 63.2 Å². The van der Waals surface area contributed by atoms with Crippen LogP contribution in [-0.2, 0) is 14.6 Å². The second kappa shape index (κ2) is 4.44. The van der Waals surface area contributed by atoms with Crippen LogP contribution >= 0.6 is 0 Å². The molecule has 1 N–H and O–H groups in total. The van der Waals surface area contributed by atoms with Crippen molar-refractivity contribution < 1.29 is 13.2 Å². The Balaban J connectivity index is 3.06. The van der Waals surface area contributed by atoms with E-state index in [1.54, 1.807) is 12.1 Å². The zero-order valence-electron chi connectivity index (χ0n) is 8.60. The molecule has 0 fully saturated rings. The third-order valence-corrected chi connectivity index (χ3v) is 4.11. The minimum absolute atomic E-state index is 0.218. The molecule has 0 unspecified atom stereocenters. The first-order chi connectivity index (χ1) is 6.98. The molecule has 1 aromatic carbocycles. The van der Waals surface area contributed by atoms with Gasteiger partial charge in [-0.05, 0) is 26.0 Å². The minimum atomic E-state index is -3.46. The first-order valence-corrected chi connectivity index (χ1v) is 6.03. The lowest BCUT2D eigenvalue weighted by Crippen LogP contribution is -2.32. The van der Waals surface area contributed by atoms with E-state index in [2.05, 4.69) is 5.32 Å². The Morgan fingerprint density at radius 2 is 1.80 bits per heavy atom. The Morgan fingerprint density at radius 1 is 1.27 bits per heavy atom. The van der Waals surface area contributed by atoms with Crippen molar-refractivity contribution in [3.05, 3.63) is 29.8 Å². The third-order valence-electron chi connectivity index (χ3n) is 2.12. The standard InChI is InChI=1S/C10H13NO3S/c1-8-3-5-10(6-4-8)15(13,14)9(2)11-7-12/h3-7,9H,1-2H3,(H,11,12)/t9-/m1/s1. The average molecular weight is 227 g/mol. The second-order valence-electron chi connectivity index (χ2n) is 3.28. The minimum Gasteiger partial charge on any atom is -0.342 e. The highest BCUT2D eigenvalue weighted by atomic mass is 32.2. The summed E-state index contributed by atoms with van der Waals surface area (Å²) in [5, 5.41) is 1.33. The lowest BCUT2D eigenvalue weighted by Gasteiger charge is -2.11. The number of sulfone groups is 1. The molecule has 82 valence electrons. The van der Waals surface area contributed by atoms with E-state index in [9.17, 15) is 13.2 Å². The molecule has 0 aliphatic rings. The van der Waals surface area contributed by atoms with Crippen LogP contribution in [0.3, 0.4) is 0 Å². The molecule has 0 saturated heterocycles. The van der Waals surface area contributed by atoms with Crippen LogP contribution < -0.4 is 5.32 Å². The van der Waals surface area contributed by atoms with E-state index in [-0.39, 0.29) is 4.90 Å². The molecule has 1 aromatic rings. The Kier molecular flexibility index (Phi) is 3.47. The molecule has 0 aliphatic carbocycles. The van der Waals surface area contributed by atoms with Gasteiger partial charge in [-0.15, -0.1) is 0 Å². The molecule has 1 rings (SSSR count). The van der Waals surface area contributed by atoms with Crippen molar-refractivity contribution >= 4 is 16.2 Å². The van der Waals surface area contributed by atoms with E-state index < -0.39 is 15.2 Å². The summed E-state index contributed by atoms with van der Waals surface area (Å²) >= 11 is 0. The molecule has 5 heteroatoms. The van der Waals surface area contributed by atoms with Crippen LogP contribution in [0, 0.1) is 6.92 Å². The predicted molar refractivity (Wildman–Crippen MR) is 57.0 cm³/mol. The summed E-state index contributed by atoms with van der Waals surface area (Å²) in [6.07, 6.45) is 0.385. The SMILES string of the molecule is Cc1ccc(S(=O)(=O)[C@H](C)NC=O)cc1. The quantitative estimate of drug-likeness (QED) is 0.776. The van der Waals surface area contributed by atoms with Gasteiger partial charge >= 0.3 is 0 Å². The molecule has 0 spiro atoms. The molecule has 0 saturated carbocycles. The summed E-state index contributed by atoms with van der Waals surface area (Å²) in [5.41, 5.74) is 0.991. The highest BCUT2D eigenvalue weighted by Crippen LogP contribution is 2.14. The van der Waals surface area contributed by atoms with Gasteiger partial charge in [-0.3, -0.25) is 4.79 Å². The van der Waals surface area contributed by atoms with E-state index in [4.69, 9.17) is 0 Å². The molecular weight excluding hydrogens is 214 g/mol. The van der Waals surface area contributed by atoms with E-state index in [0.717, 1.165) is 5.56 Å². The maximum absolute atomic E-state index is 11.8. The fourth-order valence-electron chi connectivity index (χ4n) is 1.12. The highest BCUT2D eigenvalue weighted by Gasteiger charge is 2.21. The lowest BCUT2D eigenvalue weighted by molar-refractivity contribution is -0.109. The van der Waals surface area contributed by atoms with Crippen molar-refractivity contribution in [1.29, 1.82) is 0 Å². The van der Waals surface area contributed by atoms with Crippen molar-refractivity contribution in [1.82, 2.24) is 5.32 Å². The largest absolute Gasteiger partial charge is 0.342 e. The molecular formula is C10H13NO3S. The Hall–Kier alpha value is -1.36. The van der Waals surface area contributed by atoms with Gasteiger partial charge in [0.25, 0.3) is 0 Å². The zero-order valence-corrected chi connectivity index (χ0v) is 9.41. The molecule has 0 radical (unpaired) electrons. The van der Waals surface area contributed by atoms with E-state index >= 15 is 0 Å². The van der Waals surface area contributed by atoms with Gasteiger partial charge in [0, 0.05) is 0 Å². The lowest BCUT2D eigenvalue weighted by atomic mass is 10.2. The number of aryl methyl sites for hydroxylation is 1. The number of carbonyl (C=O) groups excluding carboxylic acids is 1. The zero-order chi connectivity index (χ0) is 11.5. The first kappa shape index (κ1) is 11.7. The van der Waals surface area contributed by atoms with Crippen LogP contribution in [0.5, 0.6) is 0 Å². The number of nitrogens with one attached hydrogen (secondary N) is 1. The summed E-state index contributed by atoms with van der Waals surface area (Å²) in [4.78, 5) is 10.4. The van der Waals surface area contributed by atoms with Crippen molar-refractivity contribution in [3.8, 4) is 0 Å². The van der Waals surface area contributed by atoms with Gasteiger partial charge in [-0.1, -0.05) is 17.7 Å². The average Bonchev–Trinajstić information content (AvgIpc) is 2.18. The normalized spacial score (nSPS) is 13.2. The van der Waals surface area contributed by atoms with E-state index in [0.29, 0.717) is 6.41 Å². The fraction of sp³-hybridized carbons (Fsp3) is 0.300. The number of rotatable bonds is 4. The number of hydrogen-bond acceptors (Lipinski definition) is 3. The van der Waals surface area contributed by atoms with E-state index in [1.807, 2.05) is 6.92 Å². The molecule has 0 heterocycles. The summed E-state index contributed by atoms with van der Waals surface area (Å²) in [6, 6.07) is 6.52. The number of amides is 1. The Bertz CT molecular complexity index is 436. The molecule has 0 aromatic heterocycles. The third kappa shape index (κ3) is 2.56. The van der Waals surface area contributed by atoms with Crippen molar-refractivity contribution in [2.45, 2.75) is 24.1 Å². The highest BCUT2D eigenvalue weighted by molar-refractivity contribution is 7.92. The molecule has 4 nitrogen and oxygen atoms in total. The van der Waals surface area contributed by atoms with Crippen molar-refractivity contribution in [2.75, 3.05) is 0 Å². The summed E-state index contributed by atoms with van der Waals surface area (Å²) in [5.74, 6) is 0. The van der Waals surface area contributed by atoms with Crippen LogP contribution in [0.25, 0.3) is 0 Å². The molecule has 15 heavy (non-hydrogen) atoms. The van der Waals surface area contributed by atoms with Gasteiger partial charge in [0.2, 0.25) is 6.41 Å². The van der Waals surface area contributed by atoms with Crippen LogP contribution in [0.2, 0.25) is 0 Å². The maximum Gasteiger partial charge on any atom is 0.208 e. The van der Waals surface area contributed by atoms with Crippen molar-refractivity contribution in [3.63, 3.8) is 0 Å².